The number of piperidine rings is 1. The van der Waals surface area contributed by atoms with E-state index in [1.807, 2.05) is 12.3 Å². The summed E-state index contributed by atoms with van der Waals surface area (Å²) in [6.45, 7) is 5.66. The molecule has 1 saturated heterocycles. The number of alkyl halides is 3. The minimum absolute atomic E-state index is 0.0550. The monoisotopic (exact) mass is 349 g/mol. The van der Waals surface area contributed by atoms with E-state index < -0.39 is 17.5 Å². The smallest absolute Gasteiger partial charge is 0.332 e. The number of likely N-dealkylation sites (tertiary alicyclic amines) is 1. The Morgan fingerprint density at radius 2 is 2.22 bits per heavy atom. The molecule has 1 unspecified atom stereocenters. The number of rotatable bonds is 3. The van der Waals surface area contributed by atoms with Crippen molar-refractivity contribution in [1.29, 1.82) is 0 Å². The number of hydrogen-bond donors (Lipinski definition) is 1. The van der Waals surface area contributed by atoms with Gasteiger partial charge in [-0.3, -0.25) is 0 Å². The Kier molecular flexibility index (Phi) is 5.23. The topological polar surface area (TPSA) is 45.2 Å². The van der Waals surface area contributed by atoms with E-state index in [0.29, 0.717) is 6.54 Å². The zero-order valence-corrected chi connectivity index (χ0v) is 14.4. The minimum atomic E-state index is -4.22. The third kappa shape index (κ3) is 4.37. The van der Waals surface area contributed by atoms with Crippen LogP contribution in [0.25, 0.3) is 0 Å². The lowest BCUT2D eigenvalue weighted by atomic mass is 9.73. The van der Waals surface area contributed by atoms with Gasteiger partial charge in [-0.15, -0.1) is 11.3 Å². The number of amides is 2. The second kappa shape index (κ2) is 6.67. The summed E-state index contributed by atoms with van der Waals surface area (Å²) < 4.78 is 39.1. The molecule has 4 nitrogen and oxygen atoms in total. The molecule has 1 aromatic heterocycles. The van der Waals surface area contributed by atoms with E-state index in [0.717, 1.165) is 17.1 Å². The Labute approximate surface area is 138 Å². The third-order valence-corrected chi connectivity index (χ3v) is 5.28. The summed E-state index contributed by atoms with van der Waals surface area (Å²) in [5, 5.41) is 5.64. The van der Waals surface area contributed by atoms with Crippen molar-refractivity contribution < 1.29 is 18.0 Å². The van der Waals surface area contributed by atoms with Crippen molar-refractivity contribution in [2.75, 3.05) is 13.1 Å². The lowest BCUT2D eigenvalue weighted by molar-refractivity contribution is -0.214. The van der Waals surface area contributed by atoms with Gasteiger partial charge in [0.2, 0.25) is 0 Å². The molecule has 2 heterocycles. The highest BCUT2D eigenvalue weighted by Crippen LogP contribution is 2.44. The largest absolute Gasteiger partial charge is 0.392 e. The van der Waals surface area contributed by atoms with Gasteiger partial charge in [0.25, 0.3) is 0 Å². The van der Waals surface area contributed by atoms with Gasteiger partial charge in [-0.2, -0.15) is 13.2 Å². The second-order valence-corrected chi connectivity index (χ2v) is 7.48. The first-order chi connectivity index (χ1) is 10.6. The SMILES string of the molecule is CCc1nc(CNC(=O)N2CCC(C(F)(F)F)C(C)(C)C2)cs1. The molecule has 0 bridgehead atoms. The Balaban J connectivity index is 1.91. The fourth-order valence-corrected chi connectivity index (χ4v) is 3.75. The van der Waals surface area contributed by atoms with E-state index in [2.05, 4.69) is 10.3 Å². The average molecular weight is 349 g/mol. The molecule has 8 heteroatoms. The molecule has 1 aliphatic rings. The molecule has 2 rings (SSSR count). The first-order valence-electron chi connectivity index (χ1n) is 7.66. The van der Waals surface area contributed by atoms with Crippen LogP contribution in [0.15, 0.2) is 5.38 Å². The maximum atomic E-state index is 13.0. The molecule has 0 spiro atoms. The Hall–Kier alpha value is -1.31. The van der Waals surface area contributed by atoms with Gasteiger partial charge in [-0.05, 0) is 18.3 Å². The van der Waals surface area contributed by atoms with E-state index in [-0.39, 0.29) is 25.5 Å². The summed E-state index contributed by atoms with van der Waals surface area (Å²) in [7, 11) is 0. The fourth-order valence-electron chi connectivity index (χ4n) is 3.01. The summed E-state index contributed by atoms with van der Waals surface area (Å²) in [6, 6.07) is -0.329. The zero-order valence-electron chi connectivity index (χ0n) is 13.5. The van der Waals surface area contributed by atoms with Gasteiger partial charge in [-0.25, -0.2) is 9.78 Å². The van der Waals surface area contributed by atoms with E-state index in [4.69, 9.17) is 0 Å². The van der Waals surface area contributed by atoms with Crippen molar-refractivity contribution in [3.8, 4) is 0 Å². The zero-order chi connectivity index (χ0) is 17.3. The summed E-state index contributed by atoms with van der Waals surface area (Å²) in [4.78, 5) is 18.0. The maximum Gasteiger partial charge on any atom is 0.392 e. The van der Waals surface area contributed by atoms with Crippen LogP contribution >= 0.6 is 11.3 Å². The second-order valence-electron chi connectivity index (χ2n) is 6.54. The van der Waals surface area contributed by atoms with Crippen molar-refractivity contribution in [2.24, 2.45) is 11.3 Å². The highest BCUT2D eigenvalue weighted by atomic mass is 32.1. The van der Waals surface area contributed by atoms with Gasteiger partial charge >= 0.3 is 12.2 Å². The predicted octanol–water partition coefficient (Wildman–Crippen LogP) is 3.83. The molecular formula is C15H22F3N3OS. The molecule has 1 atom stereocenters. The van der Waals surface area contributed by atoms with Crippen molar-refractivity contribution in [1.82, 2.24) is 15.2 Å². The van der Waals surface area contributed by atoms with E-state index in [1.165, 1.54) is 16.2 Å². The first kappa shape index (κ1) is 18.0. The lowest BCUT2D eigenvalue weighted by Gasteiger charge is -2.44. The van der Waals surface area contributed by atoms with Crippen LogP contribution in [0.4, 0.5) is 18.0 Å². The molecule has 0 aliphatic carbocycles. The molecule has 0 radical (unpaired) electrons. The van der Waals surface area contributed by atoms with E-state index >= 15 is 0 Å². The Morgan fingerprint density at radius 1 is 1.52 bits per heavy atom. The number of carbonyl (C=O) groups is 1. The van der Waals surface area contributed by atoms with Gasteiger partial charge < -0.3 is 10.2 Å². The van der Waals surface area contributed by atoms with E-state index in [9.17, 15) is 18.0 Å². The molecule has 1 aromatic rings. The van der Waals surface area contributed by atoms with Gasteiger partial charge in [0.15, 0.2) is 0 Å². The predicted molar refractivity (Wildman–Crippen MR) is 83.2 cm³/mol. The number of thiazole rings is 1. The lowest BCUT2D eigenvalue weighted by Crippen LogP contribution is -2.54. The molecule has 2 amide bonds. The molecule has 1 fully saturated rings. The van der Waals surface area contributed by atoms with Gasteiger partial charge in [0, 0.05) is 18.5 Å². The van der Waals surface area contributed by atoms with Crippen LogP contribution in [0.5, 0.6) is 0 Å². The number of carbonyl (C=O) groups excluding carboxylic acids is 1. The van der Waals surface area contributed by atoms with Crippen LogP contribution in [-0.4, -0.2) is 35.2 Å². The van der Waals surface area contributed by atoms with Crippen LogP contribution in [0.1, 0.15) is 37.9 Å². The number of aromatic nitrogens is 1. The third-order valence-electron chi connectivity index (χ3n) is 4.23. The van der Waals surface area contributed by atoms with Gasteiger partial charge in [0.1, 0.15) is 0 Å². The fraction of sp³-hybridized carbons (Fsp3) is 0.733. The standard InChI is InChI=1S/C15H22F3N3OS/c1-4-12-20-10(8-23-12)7-19-13(22)21-6-5-11(15(16,17)18)14(2,3)9-21/h8,11H,4-7,9H2,1-3H3,(H,19,22). The molecule has 23 heavy (non-hydrogen) atoms. The minimum Gasteiger partial charge on any atom is -0.332 e. The summed E-state index contributed by atoms with van der Waals surface area (Å²) in [6.07, 6.45) is -3.43. The van der Waals surface area contributed by atoms with Crippen molar-refractivity contribution >= 4 is 17.4 Å². The molecule has 130 valence electrons. The van der Waals surface area contributed by atoms with E-state index in [1.54, 1.807) is 13.8 Å². The first-order valence-corrected chi connectivity index (χ1v) is 8.54. The molecule has 0 aromatic carbocycles. The van der Waals surface area contributed by atoms with Crippen LogP contribution in [0.2, 0.25) is 0 Å². The maximum absolute atomic E-state index is 13.0. The average Bonchev–Trinajstić information content (AvgIpc) is 2.90. The number of hydrogen-bond acceptors (Lipinski definition) is 3. The van der Waals surface area contributed by atoms with Crippen molar-refractivity contribution in [3.63, 3.8) is 0 Å². The van der Waals surface area contributed by atoms with Crippen LogP contribution < -0.4 is 5.32 Å². The molecule has 0 saturated carbocycles. The van der Waals surface area contributed by atoms with Crippen LogP contribution in [0.3, 0.4) is 0 Å². The van der Waals surface area contributed by atoms with Crippen LogP contribution in [0, 0.1) is 11.3 Å². The van der Waals surface area contributed by atoms with Gasteiger partial charge in [-0.1, -0.05) is 20.8 Å². The highest BCUT2D eigenvalue weighted by Gasteiger charge is 2.51. The molecule has 1 aliphatic heterocycles. The number of nitrogens with one attached hydrogen (secondary N) is 1. The molecule has 1 N–H and O–H groups in total. The Morgan fingerprint density at radius 3 is 2.74 bits per heavy atom. The Bertz CT molecular complexity index is 556. The number of aryl methyl sites for hydroxylation is 1. The van der Waals surface area contributed by atoms with Gasteiger partial charge in [0.05, 0.1) is 23.2 Å². The quantitative estimate of drug-likeness (QED) is 0.901. The summed E-state index contributed by atoms with van der Waals surface area (Å²) in [5.74, 6) is -1.37. The summed E-state index contributed by atoms with van der Waals surface area (Å²) >= 11 is 1.54. The number of nitrogens with zero attached hydrogens (tertiary/aromatic N) is 2. The number of urea groups is 1. The van der Waals surface area contributed by atoms with Crippen molar-refractivity contribution in [2.45, 2.75) is 46.3 Å². The molecular weight excluding hydrogens is 327 g/mol. The summed E-state index contributed by atoms with van der Waals surface area (Å²) in [5.41, 5.74) is -0.200. The van der Waals surface area contributed by atoms with Crippen molar-refractivity contribution in [3.05, 3.63) is 16.1 Å². The van der Waals surface area contributed by atoms with Crippen LogP contribution in [-0.2, 0) is 13.0 Å². The normalized spacial score (nSPS) is 21.3. The number of halogens is 3. The highest BCUT2D eigenvalue weighted by molar-refractivity contribution is 7.09.